The lowest BCUT2D eigenvalue weighted by atomic mass is 9.94. The van der Waals surface area contributed by atoms with E-state index in [4.69, 9.17) is 20.9 Å². The Morgan fingerprint density at radius 1 is 0.976 bits per heavy atom. The van der Waals surface area contributed by atoms with Crippen molar-refractivity contribution in [2.45, 2.75) is 64.0 Å². The average Bonchev–Trinajstić information content (AvgIpc) is 3.37. The minimum atomic E-state index is -1.10. The zero-order valence-electron chi connectivity index (χ0n) is 23.8. The molecule has 41 heavy (non-hydrogen) atoms. The maximum Gasteiger partial charge on any atom is 0.273 e. The highest BCUT2D eigenvalue weighted by atomic mass is 32.1. The second-order valence-corrected chi connectivity index (χ2v) is 11.2. The van der Waals surface area contributed by atoms with Gasteiger partial charge in [0.25, 0.3) is 11.8 Å². The van der Waals surface area contributed by atoms with Gasteiger partial charge in [-0.1, -0.05) is 51.3 Å². The fourth-order valence-corrected chi connectivity index (χ4v) is 5.85. The SMILES string of the molecule is COc1ccc([C@@H](C(=O)NC2CCCCC2)N(C(=O)c2snc(C(N)=O)c2N)c2ccc(C(C)C)cc2)cc1OC. The minimum absolute atomic E-state index is 0.00546. The molecule has 1 heterocycles. The van der Waals surface area contributed by atoms with Gasteiger partial charge in [0.2, 0.25) is 5.91 Å². The van der Waals surface area contributed by atoms with Crippen molar-refractivity contribution in [2.24, 2.45) is 5.73 Å². The van der Waals surface area contributed by atoms with Gasteiger partial charge < -0.3 is 26.3 Å². The number of nitrogen functional groups attached to an aromatic ring is 1. The van der Waals surface area contributed by atoms with E-state index in [0.717, 1.165) is 49.2 Å². The van der Waals surface area contributed by atoms with Crippen LogP contribution in [0, 0.1) is 0 Å². The summed E-state index contributed by atoms with van der Waals surface area (Å²) in [7, 11) is 3.04. The number of carbonyl (C=O) groups excluding carboxylic acids is 3. The van der Waals surface area contributed by atoms with E-state index in [0.29, 0.717) is 22.7 Å². The van der Waals surface area contributed by atoms with Gasteiger partial charge in [-0.2, -0.15) is 4.37 Å². The number of nitrogens with one attached hydrogen (secondary N) is 1. The molecule has 11 heteroatoms. The second kappa shape index (κ2) is 13.0. The normalized spacial score (nSPS) is 14.4. The molecular formula is C30H37N5O5S. The van der Waals surface area contributed by atoms with Crippen molar-refractivity contribution in [3.05, 3.63) is 64.2 Å². The number of anilines is 2. The number of amides is 3. The summed E-state index contributed by atoms with van der Waals surface area (Å²) in [5.41, 5.74) is 13.4. The van der Waals surface area contributed by atoms with Gasteiger partial charge in [0.05, 0.1) is 19.9 Å². The molecule has 1 atom stereocenters. The van der Waals surface area contributed by atoms with Crippen LogP contribution in [0.1, 0.15) is 89.2 Å². The Morgan fingerprint density at radius 2 is 1.61 bits per heavy atom. The number of hydrogen-bond donors (Lipinski definition) is 3. The van der Waals surface area contributed by atoms with E-state index in [9.17, 15) is 14.4 Å². The quantitative estimate of drug-likeness (QED) is 0.312. The number of ether oxygens (including phenoxy) is 2. The Morgan fingerprint density at radius 3 is 2.17 bits per heavy atom. The Kier molecular flexibility index (Phi) is 9.49. The molecule has 0 saturated heterocycles. The smallest absolute Gasteiger partial charge is 0.273 e. The molecule has 1 saturated carbocycles. The van der Waals surface area contributed by atoms with E-state index in [1.165, 1.54) is 19.1 Å². The first-order chi connectivity index (χ1) is 19.7. The van der Waals surface area contributed by atoms with Gasteiger partial charge in [-0.3, -0.25) is 19.3 Å². The number of nitrogens with zero attached hydrogens (tertiary/aromatic N) is 2. The molecular weight excluding hydrogens is 542 g/mol. The highest BCUT2D eigenvalue weighted by molar-refractivity contribution is 7.09. The van der Waals surface area contributed by atoms with E-state index in [2.05, 4.69) is 23.5 Å². The largest absolute Gasteiger partial charge is 0.493 e. The van der Waals surface area contributed by atoms with Gasteiger partial charge in [-0.25, -0.2) is 0 Å². The molecule has 1 aliphatic carbocycles. The van der Waals surface area contributed by atoms with Crippen molar-refractivity contribution in [1.29, 1.82) is 0 Å². The van der Waals surface area contributed by atoms with Crippen LogP contribution in [0.3, 0.4) is 0 Å². The number of nitrogens with two attached hydrogens (primary N) is 2. The van der Waals surface area contributed by atoms with Crippen LogP contribution in [0.4, 0.5) is 11.4 Å². The Labute approximate surface area is 244 Å². The van der Waals surface area contributed by atoms with Crippen molar-refractivity contribution in [3.63, 3.8) is 0 Å². The predicted octanol–water partition coefficient (Wildman–Crippen LogP) is 4.80. The van der Waals surface area contributed by atoms with Crippen LogP contribution in [-0.4, -0.2) is 42.4 Å². The number of hydrogen-bond acceptors (Lipinski definition) is 8. The van der Waals surface area contributed by atoms with Crippen LogP contribution in [-0.2, 0) is 4.79 Å². The fraction of sp³-hybridized carbons (Fsp3) is 0.400. The van der Waals surface area contributed by atoms with Crippen LogP contribution < -0.4 is 31.2 Å². The predicted molar refractivity (Wildman–Crippen MR) is 160 cm³/mol. The van der Waals surface area contributed by atoms with Crippen molar-refractivity contribution < 1.29 is 23.9 Å². The molecule has 1 aliphatic rings. The number of primary amides is 1. The maximum atomic E-state index is 14.3. The van der Waals surface area contributed by atoms with Crippen LogP contribution >= 0.6 is 11.5 Å². The summed E-state index contributed by atoms with van der Waals surface area (Å²) in [6.07, 6.45) is 4.92. The second-order valence-electron chi connectivity index (χ2n) is 10.4. The van der Waals surface area contributed by atoms with Gasteiger partial charge >= 0.3 is 0 Å². The molecule has 0 spiro atoms. The number of aromatic nitrogens is 1. The summed E-state index contributed by atoms with van der Waals surface area (Å²) < 4.78 is 15.0. The van der Waals surface area contributed by atoms with Crippen LogP contribution in [0.15, 0.2) is 42.5 Å². The molecule has 218 valence electrons. The van der Waals surface area contributed by atoms with Crippen molar-refractivity contribution in [3.8, 4) is 11.5 Å². The first-order valence-corrected chi connectivity index (χ1v) is 14.4. The Bertz CT molecular complexity index is 1400. The van der Waals surface area contributed by atoms with Gasteiger partial charge in [0, 0.05) is 11.7 Å². The van der Waals surface area contributed by atoms with E-state index in [1.54, 1.807) is 30.3 Å². The summed E-state index contributed by atoms with van der Waals surface area (Å²) in [6.45, 7) is 4.15. The highest BCUT2D eigenvalue weighted by Crippen LogP contribution is 2.37. The Balaban J connectivity index is 1.89. The minimum Gasteiger partial charge on any atom is -0.493 e. The molecule has 3 amide bonds. The first-order valence-electron chi connectivity index (χ1n) is 13.7. The zero-order chi connectivity index (χ0) is 29.7. The molecule has 1 fully saturated rings. The van der Waals surface area contributed by atoms with Crippen LogP contribution in [0.2, 0.25) is 0 Å². The third-order valence-electron chi connectivity index (χ3n) is 7.39. The third kappa shape index (κ3) is 6.45. The highest BCUT2D eigenvalue weighted by Gasteiger charge is 2.37. The standard InChI is InChI=1S/C30H37N5O5S/c1-17(2)18-10-13-21(14-11-18)35(30(38)27-24(31)25(28(32)36)34-41-27)26(29(37)33-20-8-6-5-7-9-20)19-12-15-22(39-3)23(16-19)40-4/h10-17,20,26H,5-9,31H2,1-4H3,(H2,32,36)(H,33,37)/t26-/m0/s1. The lowest BCUT2D eigenvalue weighted by Gasteiger charge is -2.33. The molecule has 0 unspecified atom stereocenters. The van der Waals surface area contributed by atoms with Gasteiger partial charge in [-0.15, -0.1) is 0 Å². The topological polar surface area (TPSA) is 150 Å². The summed E-state index contributed by atoms with van der Waals surface area (Å²) in [5.74, 6) is -0.597. The van der Waals surface area contributed by atoms with E-state index < -0.39 is 17.9 Å². The number of carbonyl (C=O) groups is 3. The molecule has 0 aliphatic heterocycles. The molecule has 2 aromatic carbocycles. The van der Waals surface area contributed by atoms with Crippen LogP contribution in [0.5, 0.6) is 11.5 Å². The Hall–Kier alpha value is -4.12. The molecule has 1 aromatic heterocycles. The van der Waals surface area contributed by atoms with Crippen molar-refractivity contribution >= 4 is 40.6 Å². The summed E-state index contributed by atoms with van der Waals surface area (Å²) in [5, 5.41) is 3.19. The molecule has 5 N–H and O–H groups in total. The molecule has 3 aromatic rings. The maximum absolute atomic E-state index is 14.3. The lowest BCUT2D eigenvalue weighted by molar-refractivity contribution is -0.123. The van der Waals surface area contributed by atoms with Gasteiger partial charge in [0.15, 0.2) is 17.2 Å². The number of rotatable bonds is 10. The molecule has 0 radical (unpaired) electrons. The lowest BCUT2D eigenvalue weighted by Crippen LogP contribution is -2.47. The van der Waals surface area contributed by atoms with E-state index in [1.807, 2.05) is 12.1 Å². The monoisotopic (exact) mass is 579 g/mol. The van der Waals surface area contributed by atoms with Gasteiger partial charge in [0.1, 0.15) is 10.9 Å². The number of benzene rings is 2. The fourth-order valence-electron chi connectivity index (χ4n) is 5.11. The average molecular weight is 580 g/mol. The summed E-state index contributed by atoms with van der Waals surface area (Å²) in [4.78, 5) is 41.8. The molecule has 4 rings (SSSR count). The van der Waals surface area contributed by atoms with Gasteiger partial charge in [-0.05, 0) is 65.7 Å². The van der Waals surface area contributed by atoms with Crippen LogP contribution in [0.25, 0.3) is 0 Å². The zero-order valence-corrected chi connectivity index (χ0v) is 24.6. The summed E-state index contributed by atoms with van der Waals surface area (Å²) in [6, 6.07) is 11.5. The molecule has 0 bridgehead atoms. The summed E-state index contributed by atoms with van der Waals surface area (Å²) >= 11 is 0.774. The van der Waals surface area contributed by atoms with Crippen molar-refractivity contribution in [2.75, 3.05) is 24.9 Å². The van der Waals surface area contributed by atoms with Crippen molar-refractivity contribution in [1.82, 2.24) is 9.69 Å². The van der Waals surface area contributed by atoms with E-state index >= 15 is 0 Å². The third-order valence-corrected chi connectivity index (χ3v) is 8.24. The first kappa shape index (κ1) is 29.9. The molecule has 10 nitrogen and oxygen atoms in total. The number of methoxy groups -OCH3 is 2. The van der Waals surface area contributed by atoms with E-state index in [-0.39, 0.29) is 34.1 Å².